The summed E-state index contributed by atoms with van der Waals surface area (Å²) in [6.07, 6.45) is 0.640. The minimum absolute atomic E-state index is 0.0147. The highest BCUT2D eigenvalue weighted by atomic mass is 32.1. The Kier molecular flexibility index (Phi) is 6.45. The van der Waals surface area contributed by atoms with Gasteiger partial charge in [-0.25, -0.2) is 0 Å². The van der Waals surface area contributed by atoms with Crippen molar-refractivity contribution in [1.82, 2.24) is 4.90 Å². The maximum Gasteiger partial charge on any atom is 0.238 e. The molecule has 1 aromatic rings. The van der Waals surface area contributed by atoms with Crippen LogP contribution in [0.4, 0.5) is 5.69 Å². The van der Waals surface area contributed by atoms with Gasteiger partial charge in [0, 0.05) is 18.7 Å². The number of nitrogens with zero attached hydrogens (tertiary/aromatic N) is 1. The van der Waals surface area contributed by atoms with Crippen molar-refractivity contribution in [2.45, 2.75) is 20.3 Å². The molecule has 5 heteroatoms. The number of carbonyl (C=O) groups excluding carboxylic acids is 1. The first-order valence-corrected chi connectivity index (χ1v) is 6.80. The minimum Gasteiger partial charge on any atom is -0.393 e. The summed E-state index contributed by atoms with van der Waals surface area (Å²) in [6, 6.07) is 7.73. The topological polar surface area (TPSA) is 58.4 Å². The number of likely N-dealkylation sites (N-methyl/N-ethyl adjacent to an activating group) is 1. The molecule has 0 heterocycles. The van der Waals surface area contributed by atoms with Crippen LogP contribution in [0, 0.1) is 6.92 Å². The summed E-state index contributed by atoms with van der Waals surface area (Å²) < 4.78 is 0. The van der Waals surface area contributed by atoms with E-state index in [4.69, 9.17) is 18.0 Å². The van der Waals surface area contributed by atoms with Crippen LogP contribution in [0.3, 0.4) is 0 Å². The number of para-hydroxylation sites is 1. The second kappa shape index (κ2) is 7.86. The summed E-state index contributed by atoms with van der Waals surface area (Å²) >= 11 is 4.85. The standard InChI is InChI=1S/C14H21N3OS/c1-3-17(9-8-13(15)19)10-14(18)16-12-7-5-4-6-11(12)2/h4-7H,3,8-10H2,1-2H3,(H2,15,19)(H,16,18). The third-order valence-corrected chi connectivity index (χ3v) is 3.11. The lowest BCUT2D eigenvalue weighted by atomic mass is 10.2. The van der Waals surface area contributed by atoms with Crippen LogP contribution >= 0.6 is 12.2 Å². The lowest BCUT2D eigenvalue weighted by Crippen LogP contribution is -2.35. The molecule has 104 valence electrons. The van der Waals surface area contributed by atoms with Crippen molar-refractivity contribution in [2.24, 2.45) is 5.73 Å². The molecule has 1 rings (SSSR count). The van der Waals surface area contributed by atoms with Crippen molar-refractivity contribution < 1.29 is 4.79 Å². The molecule has 19 heavy (non-hydrogen) atoms. The zero-order valence-corrected chi connectivity index (χ0v) is 12.3. The largest absolute Gasteiger partial charge is 0.393 e. The number of nitrogens with two attached hydrogens (primary N) is 1. The van der Waals surface area contributed by atoms with Crippen LogP contribution in [-0.4, -0.2) is 35.4 Å². The van der Waals surface area contributed by atoms with Crippen LogP contribution in [0.2, 0.25) is 0 Å². The summed E-state index contributed by atoms with van der Waals surface area (Å²) in [5, 5.41) is 2.92. The van der Waals surface area contributed by atoms with Gasteiger partial charge in [-0.3, -0.25) is 9.69 Å². The molecule has 1 amide bonds. The van der Waals surface area contributed by atoms with Crippen molar-refractivity contribution in [2.75, 3.05) is 25.0 Å². The average Bonchev–Trinajstić information content (AvgIpc) is 2.37. The molecule has 0 aliphatic heterocycles. The zero-order valence-electron chi connectivity index (χ0n) is 11.5. The Morgan fingerprint density at radius 1 is 1.42 bits per heavy atom. The summed E-state index contributed by atoms with van der Waals surface area (Å²) in [6.45, 7) is 5.85. The number of benzene rings is 1. The van der Waals surface area contributed by atoms with E-state index in [0.717, 1.165) is 17.8 Å². The number of hydrogen-bond acceptors (Lipinski definition) is 3. The fourth-order valence-corrected chi connectivity index (χ4v) is 1.81. The molecule has 3 N–H and O–H groups in total. The highest BCUT2D eigenvalue weighted by Gasteiger charge is 2.10. The third kappa shape index (κ3) is 5.81. The first-order chi connectivity index (χ1) is 9.02. The Bertz CT molecular complexity index is 448. The second-order valence-electron chi connectivity index (χ2n) is 4.45. The molecule has 0 fully saturated rings. The number of aryl methyl sites for hydroxylation is 1. The van der Waals surface area contributed by atoms with Gasteiger partial charge in [0.25, 0.3) is 0 Å². The molecule has 0 aromatic heterocycles. The van der Waals surface area contributed by atoms with Gasteiger partial charge >= 0.3 is 0 Å². The Hall–Kier alpha value is -1.46. The number of hydrogen-bond donors (Lipinski definition) is 2. The van der Waals surface area contributed by atoms with E-state index in [-0.39, 0.29) is 5.91 Å². The second-order valence-corrected chi connectivity index (χ2v) is 4.97. The molecular formula is C14H21N3OS. The van der Waals surface area contributed by atoms with Gasteiger partial charge in [-0.2, -0.15) is 0 Å². The predicted molar refractivity (Wildman–Crippen MR) is 83.3 cm³/mol. The predicted octanol–water partition coefficient (Wildman–Crippen LogP) is 1.93. The molecule has 4 nitrogen and oxygen atoms in total. The molecule has 0 bridgehead atoms. The fourth-order valence-electron chi connectivity index (χ4n) is 1.72. The number of thiocarbonyl (C=S) groups is 1. The molecule has 0 spiro atoms. The number of nitrogens with one attached hydrogen (secondary N) is 1. The van der Waals surface area contributed by atoms with Crippen LogP contribution in [0.25, 0.3) is 0 Å². The first kappa shape index (κ1) is 15.6. The van der Waals surface area contributed by atoms with Crippen LogP contribution in [0.5, 0.6) is 0 Å². The van der Waals surface area contributed by atoms with Gasteiger partial charge in [0.2, 0.25) is 5.91 Å². The molecule has 0 saturated carbocycles. The SMILES string of the molecule is CCN(CCC(N)=S)CC(=O)Nc1ccccc1C. The van der Waals surface area contributed by atoms with Gasteiger partial charge in [-0.05, 0) is 25.1 Å². The summed E-state index contributed by atoms with van der Waals surface area (Å²) in [4.78, 5) is 14.5. The van der Waals surface area contributed by atoms with E-state index in [2.05, 4.69) is 5.32 Å². The van der Waals surface area contributed by atoms with E-state index < -0.39 is 0 Å². The van der Waals surface area contributed by atoms with Crippen molar-refractivity contribution in [3.8, 4) is 0 Å². The number of carbonyl (C=O) groups is 1. The van der Waals surface area contributed by atoms with E-state index >= 15 is 0 Å². The first-order valence-electron chi connectivity index (χ1n) is 6.39. The highest BCUT2D eigenvalue weighted by molar-refractivity contribution is 7.80. The fraction of sp³-hybridized carbons (Fsp3) is 0.429. The van der Waals surface area contributed by atoms with E-state index in [1.165, 1.54) is 0 Å². The van der Waals surface area contributed by atoms with Gasteiger partial charge in [0.1, 0.15) is 0 Å². The molecule has 0 aliphatic carbocycles. The Morgan fingerprint density at radius 3 is 2.68 bits per heavy atom. The van der Waals surface area contributed by atoms with Gasteiger partial charge in [-0.1, -0.05) is 37.3 Å². The maximum atomic E-state index is 12.0. The molecule has 0 saturated heterocycles. The average molecular weight is 279 g/mol. The normalized spacial score (nSPS) is 10.5. The smallest absolute Gasteiger partial charge is 0.238 e. The van der Waals surface area contributed by atoms with Crippen LogP contribution < -0.4 is 11.1 Å². The van der Waals surface area contributed by atoms with E-state index in [9.17, 15) is 4.79 Å². The molecule has 0 aliphatic rings. The van der Waals surface area contributed by atoms with Crippen molar-refractivity contribution in [1.29, 1.82) is 0 Å². The van der Waals surface area contributed by atoms with Crippen molar-refractivity contribution in [3.63, 3.8) is 0 Å². The third-order valence-electron chi connectivity index (χ3n) is 2.91. The zero-order chi connectivity index (χ0) is 14.3. The summed E-state index contributed by atoms with van der Waals surface area (Å²) in [7, 11) is 0. The number of amides is 1. The number of anilines is 1. The van der Waals surface area contributed by atoms with Crippen LogP contribution in [0.15, 0.2) is 24.3 Å². The maximum absolute atomic E-state index is 12.0. The highest BCUT2D eigenvalue weighted by Crippen LogP contribution is 2.12. The molecule has 1 aromatic carbocycles. The Labute approximate surface area is 120 Å². The van der Waals surface area contributed by atoms with Gasteiger partial charge in [0.05, 0.1) is 11.5 Å². The molecule has 0 unspecified atom stereocenters. The van der Waals surface area contributed by atoms with E-state index in [1.807, 2.05) is 43.0 Å². The van der Waals surface area contributed by atoms with E-state index in [1.54, 1.807) is 0 Å². The van der Waals surface area contributed by atoms with Crippen LogP contribution in [0.1, 0.15) is 18.9 Å². The monoisotopic (exact) mass is 279 g/mol. The summed E-state index contributed by atoms with van der Waals surface area (Å²) in [5.41, 5.74) is 7.39. The summed E-state index contributed by atoms with van der Waals surface area (Å²) in [5.74, 6) is -0.0147. The lowest BCUT2D eigenvalue weighted by molar-refractivity contribution is -0.117. The van der Waals surface area contributed by atoms with Gasteiger partial charge in [-0.15, -0.1) is 0 Å². The molecule has 0 radical (unpaired) electrons. The van der Waals surface area contributed by atoms with Gasteiger partial charge in [0.15, 0.2) is 0 Å². The number of rotatable bonds is 7. The Morgan fingerprint density at radius 2 is 2.11 bits per heavy atom. The Balaban J connectivity index is 2.49. The minimum atomic E-state index is -0.0147. The molecule has 0 atom stereocenters. The van der Waals surface area contributed by atoms with Crippen LogP contribution in [-0.2, 0) is 4.79 Å². The molecular weight excluding hydrogens is 258 g/mol. The quantitative estimate of drug-likeness (QED) is 0.749. The van der Waals surface area contributed by atoms with Crippen molar-refractivity contribution >= 4 is 28.8 Å². The van der Waals surface area contributed by atoms with E-state index in [0.29, 0.717) is 24.5 Å². The lowest BCUT2D eigenvalue weighted by Gasteiger charge is -2.19. The van der Waals surface area contributed by atoms with Crippen molar-refractivity contribution in [3.05, 3.63) is 29.8 Å². The van der Waals surface area contributed by atoms with Gasteiger partial charge < -0.3 is 11.1 Å².